The summed E-state index contributed by atoms with van der Waals surface area (Å²) < 4.78 is 1.44. The number of non-ortho nitro benzene ring substituents is 1. The number of hydrogen-bond donors (Lipinski definition) is 1. The summed E-state index contributed by atoms with van der Waals surface area (Å²) in [5, 5.41) is 25.4. The number of carbonyl (C=O) groups is 1. The molecule has 30 heavy (non-hydrogen) atoms. The summed E-state index contributed by atoms with van der Waals surface area (Å²) in [7, 11) is 1.66. The fourth-order valence-electron chi connectivity index (χ4n) is 3.35. The van der Waals surface area contributed by atoms with Crippen molar-refractivity contribution in [3.8, 4) is 0 Å². The van der Waals surface area contributed by atoms with E-state index in [1.807, 2.05) is 0 Å². The molecule has 0 saturated heterocycles. The van der Waals surface area contributed by atoms with Gasteiger partial charge in [0.25, 0.3) is 11.6 Å². The lowest BCUT2D eigenvalue weighted by molar-refractivity contribution is -0.384. The van der Waals surface area contributed by atoms with Crippen molar-refractivity contribution in [1.82, 2.24) is 30.2 Å². The van der Waals surface area contributed by atoms with Gasteiger partial charge in [-0.25, -0.2) is 14.6 Å². The molecule has 1 aliphatic carbocycles. The zero-order chi connectivity index (χ0) is 21.1. The fourth-order valence-corrected chi connectivity index (χ4v) is 4.19. The van der Waals surface area contributed by atoms with Crippen LogP contribution >= 0.6 is 11.8 Å². The topological polar surface area (TPSA) is 142 Å². The van der Waals surface area contributed by atoms with Crippen LogP contribution in [-0.4, -0.2) is 41.0 Å². The Hall–Kier alpha value is -3.41. The Bertz CT molecular complexity index is 1080. The van der Waals surface area contributed by atoms with Crippen molar-refractivity contribution in [1.29, 1.82) is 0 Å². The van der Waals surface area contributed by atoms with E-state index in [2.05, 4.69) is 30.8 Å². The normalized spacial score (nSPS) is 14.0. The molecule has 1 fully saturated rings. The van der Waals surface area contributed by atoms with E-state index in [1.165, 1.54) is 35.7 Å². The molecule has 0 unspecified atom stereocenters. The van der Waals surface area contributed by atoms with Gasteiger partial charge in [-0.2, -0.15) is 0 Å². The molecule has 0 bridgehead atoms. The third kappa shape index (κ3) is 4.27. The molecule has 0 atom stereocenters. The number of rotatable bonds is 6. The van der Waals surface area contributed by atoms with Crippen LogP contribution in [0.2, 0.25) is 0 Å². The second kappa shape index (κ2) is 8.53. The van der Waals surface area contributed by atoms with Crippen molar-refractivity contribution in [2.24, 2.45) is 7.05 Å². The van der Waals surface area contributed by atoms with Crippen LogP contribution in [0.25, 0.3) is 0 Å². The molecule has 11 nitrogen and oxygen atoms in total. The third-order valence-corrected chi connectivity index (χ3v) is 6.03. The van der Waals surface area contributed by atoms with Gasteiger partial charge in [-0.3, -0.25) is 20.2 Å². The van der Waals surface area contributed by atoms with Crippen LogP contribution in [0.5, 0.6) is 0 Å². The van der Waals surface area contributed by atoms with Crippen molar-refractivity contribution in [3.63, 3.8) is 0 Å². The molecule has 1 N–H and O–H groups in total. The Labute approximate surface area is 175 Å². The van der Waals surface area contributed by atoms with Crippen LogP contribution in [0, 0.1) is 10.1 Å². The van der Waals surface area contributed by atoms with E-state index in [-0.39, 0.29) is 17.2 Å². The lowest BCUT2D eigenvalue weighted by atomic mass is 10.0. The molecule has 1 aromatic carbocycles. The minimum absolute atomic E-state index is 0.112. The predicted molar refractivity (Wildman–Crippen MR) is 107 cm³/mol. The lowest BCUT2D eigenvalue weighted by Crippen LogP contribution is -2.16. The molecule has 2 aromatic heterocycles. The lowest BCUT2D eigenvalue weighted by Gasteiger charge is -2.10. The number of aromatic nitrogens is 6. The summed E-state index contributed by atoms with van der Waals surface area (Å²) in [6, 6.07) is 4.04. The van der Waals surface area contributed by atoms with Gasteiger partial charge in [0.05, 0.1) is 10.5 Å². The van der Waals surface area contributed by atoms with Gasteiger partial charge in [0.1, 0.15) is 0 Å². The zero-order valence-corrected chi connectivity index (χ0v) is 16.9. The van der Waals surface area contributed by atoms with Crippen LogP contribution in [-0.2, 0) is 7.05 Å². The summed E-state index contributed by atoms with van der Waals surface area (Å²) in [5.74, 6) is 0.0593. The first-order valence-corrected chi connectivity index (χ1v) is 10.1. The van der Waals surface area contributed by atoms with Gasteiger partial charge >= 0.3 is 0 Å². The van der Waals surface area contributed by atoms with Crippen LogP contribution < -0.4 is 5.32 Å². The summed E-state index contributed by atoms with van der Waals surface area (Å²) in [5.41, 5.74) is 0.977. The largest absolute Gasteiger partial charge is 0.290 e. The zero-order valence-electron chi connectivity index (χ0n) is 16.1. The first kappa shape index (κ1) is 19.9. The van der Waals surface area contributed by atoms with Gasteiger partial charge in [-0.05, 0) is 52.6 Å². The Morgan fingerprint density at radius 1 is 1.27 bits per heavy atom. The highest BCUT2D eigenvalue weighted by molar-refractivity contribution is 7.99. The molecule has 0 aliphatic heterocycles. The average molecular weight is 426 g/mol. The first-order valence-electron chi connectivity index (χ1n) is 9.33. The number of anilines is 1. The number of benzene rings is 1. The van der Waals surface area contributed by atoms with Crippen molar-refractivity contribution in [2.75, 3.05) is 5.32 Å². The highest BCUT2D eigenvalue weighted by Crippen LogP contribution is 2.34. The smallest absolute Gasteiger partial charge is 0.270 e. The number of nitro groups is 1. The maximum absolute atomic E-state index is 12.9. The first-order chi connectivity index (χ1) is 14.5. The summed E-state index contributed by atoms with van der Waals surface area (Å²) in [4.78, 5) is 32.5. The van der Waals surface area contributed by atoms with E-state index < -0.39 is 10.8 Å². The van der Waals surface area contributed by atoms with E-state index in [1.54, 1.807) is 19.4 Å². The molecule has 154 valence electrons. The number of nitro benzene ring substituents is 1. The standard InChI is InChI=1S/C18H18N8O3S/c1-25-18(22-23-24-25)30-15-7-6-13(26(28)29)8-14(15)16(27)21-17-19-9-12(10-20-17)11-4-2-3-5-11/h6-11H,2-5H2,1H3,(H,19,20,21,27). The molecule has 1 saturated carbocycles. The monoisotopic (exact) mass is 426 g/mol. The van der Waals surface area contributed by atoms with E-state index >= 15 is 0 Å². The minimum Gasteiger partial charge on any atom is -0.290 e. The van der Waals surface area contributed by atoms with Crippen molar-refractivity contribution >= 4 is 29.3 Å². The molecule has 1 amide bonds. The van der Waals surface area contributed by atoms with Gasteiger partial charge in [0.15, 0.2) is 0 Å². The van der Waals surface area contributed by atoms with E-state index in [0.29, 0.717) is 16.0 Å². The molecular formula is C18H18N8O3S. The summed E-state index contributed by atoms with van der Waals surface area (Å²) >= 11 is 1.13. The van der Waals surface area contributed by atoms with E-state index in [9.17, 15) is 14.9 Å². The number of amides is 1. The highest BCUT2D eigenvalue weighted by Gasteiger charge is 2.21. The predicted octanol–water partition coefficient (Wildman–Crippen LogP) is 2.97. The van der Waals surface area contributed by atoms with Gasteiger partial charge < -0.3 is 0 Å². The Kier molecular flexibility index (Phi) is 5.65. The average Bonchev–Trinajstić information content (AvgIpc) is 3.41. The number of hydrogen-bond acceptors (Lipinski definition) is 9. The maximum atomic E-state index is 12.9. The quantitative estimate of drug-likeness (QED) is 0.465. The minimum atomic E-state index is -0.554. The van der Waals surface area contributed by atoms with Gasteiger partial charge in [-0.1, -0.05) is 12.8 Å². The highest BCUT2D eigenvalue weighted by atomic mass is 32.2. The van der Waals surface area contributed by atoms with Crippen LogP contribution in [0.3, 0.4) is 0 Å². The number of nitrogens with one attached hydrogen (secondary N) is 1. The molecule has 1 aliphatic rings. The summed E-state index contributed by atoms with van der Waals surface area (Å²) in [6.07, 6.45) is 8.12. The third-order valence-electron chi connectivity index (χ3n) is 4.92. The number of nitrogens with zero attached hydrogens (tertiary/aromatic N) is 7. The Morgan fingerprint density at radius 2 is 2.00 bits per heavy atom. The van der Waals surface area contributed by atoms with E-state index in [4.69, 9.17) is 0 Å². The van der Waals surface area contributed by atoms with Crippen molar-refractivity contribution < 1.29 is 9.72 Å². The van der Waals surface area contributed by atoms with Crippen molar-refractivity contribution in [2.45, 2.75) is 41.7 Å². The molecule has 3 aromatic rings. The van der Waals surface area contributed by atoms with Crippen LogP contribution in [0.15, 0.2) is 40.6 Å². The number of carbonyl (C=O) groups excluding carboxylic acids is 1. The number of tetrazole rings is 1. The molecule has 2 heterocycles. The maximum Gasteiger partial charge on any atom is 0.270 e. The molecule has 0 radical (unpaired) electrons. The molecule has 0 spiro atoms. The van der Waals surface area contributed by atoms with Crippen LogP contribution in [0.1, 0.15) is 47.5 Å². The van der Waals surface area contributed by atoms with Crippen molar-refractivity contribution in [3.05, 3.63) is 51.8 Å². The van der Waals surface area contributed by atoms with Crippen LogP contribution in [0.4, 0.5) is 11.6 Å². The van der Waals surface area contributed by atoms with Gasteiger partial charge in [-0.15, -0.1) is 5.10 Å². The second-order valence-corrected chi connectivity index (χ2v) is 7.91. The Balaban J connectivity index is 1.57. The Morgan fingerprint density at radius 3 is 2.63 bits per heavy atom. The fraction of sp³-hybridized carbons (Fsp3) is 0.333. The summed E-state index contributed by atoms with van der Waals surface area (Å²) in [6.45, 7) is 0. The van der Waals surface area contributed by atoms with Gasteiger partial charge in [0.2, 0.25) is 11.1 Å². The SMILES string of the molecule is Cn1nnnc1Sc1ccc([N+](=O)[O-])cc1C(=O)Nc1ncc(C2CCCC2)cn1. The second-order valence-electron chi connectivity index (χ2n) is 6.90. The van der Waals surface area contributed by atoms with E-state index in [0.717, 1.165) is 30.2 Å². The molecule has 12 heteroatoms. The van der Waals surface area contributed by atoms with Gasteiger partial charge in [0, 0.05) is 36.5 Å². The molecule has 4 rings (SSSR count). The number of aryl methyl sites for hydroxylation is 1. The molecular weight excluding hydrogens is 408 g/mol.